The molecule has 0 saturated carbocycles. The maximum absolute atomic E-state index is 12.8. The molecular formula is C21H23F3N6O3S. The Morgan fingerprint density at radius 2 is 1.82 bits per heavy atom. The van der Waals surface area contributed by atoms with E-state index >= 15 is 0 Å². The standard InChI is InChI=1S/C21H23F3N6O3S/c1-13-11-14(2)27-20(26-13)34-12-17-18(19(31)25-9-4-10-32-3)28-29-30(17)15-5-7-16(8-6-15)33-21(22,23)24/h5-8,11H,4,9-10,12H2,1-3H3,(H,25,31). The summed E-state index contributed by atoms with van der Waals surface area (Å²) < 4.78 is 47.7. The van der Waals surface area contributed by atoms with Crippen LogP contribution in [-0.4, -0.2) is 57.5 Å². The number of methoxy groups -OCH3 is 1. The highest BCUT2D eigenvalue weighted by Crippen LogP contribution is 2.26. The molecule has 0 saturated heterocycles. The Balaban J connectivity index is 1.87. The number of nitrogens with zero attached hydrogens (tertiary/aromatic N) is 5. The zero-order chi connectivity index (χ0) is 24.7. The molecule has 0 radical (unpaired) electrons. The molecule has 0 bridgehead atoms. The number of rotatable bonds is 10. The third-order valence-corrected chi connectivity index (χ3v) is 5.26. The highest BCUT2D eigenvalue weighted by Gasteiger charge is 2.31. The second-order valence-electron chi connectivity index (χ2n) is 7.16. The fraction of sp³-hybridized carbons (Fsp3) is 0.381. The van der Waals surface area contributed by atoms with Crippen LogP contribution < -0.4 is 10.1 Å². The maximum Gasteiger partial charge on any atom is 0.573 e. The largest absolute Gasteiger partial charge is 0.573 e. The van der Waals surface area contributed by atoms with E-state index in [1.807, 2.05) is 19.9 Å². The number of aromatic nitrogens is 5. The van der Waals surface area contributed by atoms with E-state index in [0.29, 0.717) is 36.1 Å². The van der Waals surface area contributed by atoms with Crippen molar-refractivity contribution < 1.29 is 27.4 Å². The summed E-state index contributed by atoms with van der Waals surface area (Å²) in [7, 11) is 1.57. The topological polar surface area (TPSA) is 104 Å². The van der Waals surface area contributed by atoms with Crippen molar-refractivity contribution in [3.8, 4) is 11.4 Å². The Hall–Kier alpha value is -3.19. The van der Waals surface area contributed by atoms with Crippen molar-refractivity contribution in [2.24, 2.45) is 0 Å². The molecule has 0 spiro atoms. The van der Waals surface area contributed by atoms with Gasteiger partial charge in [-0.2, -0.15) is 0 Å². The van der Waals surface area contributed by atoms with E-state index in [1.54, 1.807) is 7.11 Å². The van der Waals surface area contributed by atoms with Crippen molar-refractivity contribution in [3.63, 3.8) is 0 Å². The first-order chi connectivity index (χ1) is 16.2. The minimum atomic E-state index is -4.80. The van der Waals surface area contributed by atoms with Crippen LogP contribution in [0.5, 0.6) is 5.75 Å². The number of amides is 1. The molecule has 0 aliphatic rings. The van der Waals surface area contributed by atoms with Gasteiger partial charge in [-0.15, -0.1) is 18.3 Å². The SMILES string of the molecule is COCCCNC(=O)c1nnn(-c2ccc(OC(F)(F)F)cc2)c1CSc1nc(C)cc(C)n1. The molecular weight excluding hydrogens is 473 g/mol. The average Bonchev–Trinajstić information content (AvgIpc) is 3.18. The molecule has 3 aromatic rings. The van der Waals surface area contributed by atoms with Gasteiger partial charge in [-0.1, -0.05) is 17.0 Å². The molecule has 13 heteroatoms. The third-order valence-electron chi connectivity index (χ3n) is 4.40. The van der Waals surface area contributed by atoms with Crippen LogP contribution in [0.4, 0.5) is 13.2 Å². The van der Waals surface area contributed by atoms with Gasteiger partial charge in [-0.05, 0) is 50.6 Å². The molecule has 1 aromatic carbocycles. The van der Waals surface area contributed by atoms with Crippen LogP contribution in [0.1, 0.15) is 34.0 Å². The predicted molar refractivity (Wildman–Crippen MR) is 118 cm³/mol. The molecule has 182 valence electrons. The van der Waals surface area contributed by atoms with Gasteiger partial charge in [0.1, 0.15) is 5.75 Å². The van der Waals surface area contributed by atoms with E-state index in [1.165, 1.54) is 40.7 Å². The van der Waals surface area contributed by atoms with Gasteiger partial charge in [0.2, 0.25) is 0 Å². The summed E-state index contributed by atoms with van der Waals surface area (Å²) in [6.45, 7) is 4.59. The minimum Gasteiger partial charge on any atom is -0.406 e. The number of aryl methyl sites for hydroxylation is 2. The number of hydrogen-bond donors (Lipinski definition) is 1. The van der Waals surface area contributed by atoms with Gasteiger partial charge in [0.05, 0.1) is 11.4 Å². The third kappa shape index (κ3) is 7.15. The number of alkyl halides is 3. The molecule has 1 N–H and O–H groups in total. The highest BCUT2D eigenvalue weighted by molar-refractivity contribution is 7.98. The number of hydrogen-bond acceptors (Lipinski definition) is 8. The normalized spacial score (nSPS) is 11.5. The lowest BCUT2D eigenvalue weighted by molar-refractivity contribution is -0.274. The van der Waals surface area contributed by atoms with Crippen LogP contribution in [0.3, 0.4) is 0 Å². The van der Waals surface area contributed by atoms with Crippen LogP contribution in [0.15, 0.2) is 35.5 Å². The van der Waals surface area contributed by atoms with Crippen molar-refractivity contribution >= 4 is 17.7 Å². The summed E-state index contributed by atoms with van der Waals surface area (Å²) in [5.74, 6) is -0.541. The second-order valence-corrected chi connectivity index (χ2v) is 8.10. The molecule has 1 amide bonds. The Bertz CT molecular complexity index is 1100. The number of carbonyl (C=O) groups is 1. The van der Waals surface area contributed by atoms with Crippen molar-refractivity contribution in [2.75, 3.05) is 20.3 Å². The smallest absolute Gasteiger partial charge is 0.406 e. The van der Waals surface area contributed by atoms with Gasteiger partial charge in [0.15, 0.2) is 10.9 Å². The number of thioether (sulfide) groups is 1. The minimum absolute atomic E-state index is 0.102. The molecule has 0 fully saturated rings. The summed E-state index contributed by atoms with van der Waals surface area (Å²) in [5, 5.41) is 11.4. The van der Waals surface area contributed by atoms with Crippen molar-refractivity contribution in [3.05, 3.63) is 53.1 Å². The zero-order valence-electron chi connectivity index (χ0n) is 18.7. The number of carbonyl (C=O) groups excluding carboxylic acids is 1. The molecule has 2 heterocycles. The number of ether oxygens (including phenoxy) is 2. The first-order valence-corrected chi connectivity index (χ1v) is 11.2. The van der Waals surface area contributed by atoms with E-state index in [9.17, 15) is 18.0 Å². The Morgan fingerprint density at radius 1 is 1.15 bits per heavy atom. The number of halogens is 3. The van der Waals surface area contributed by atoms with Crippen LogP contribution in [0.2, 0.25) is 0 Å². The van der Waals surface area contributed by atoms with E-state index in [4.69, 9.17) is 4.74 Å². The summed E-state index contributed by atoms with van der Waals surface area (Å²) in [5.41, 5.74) is 2.57. The molecule has 0 atom stereocenters. The number of benzene rings is 1. The van der Waals surface area contributed by atoms with E-state index < -0.39 is 12.3 Å². The van der Waals surface area contributed by atoms with Crippen LogP contribution >= 0.6 is 11.8 Å². The lowest BCUT2D eigenvalue weighted by Crippen LogP contribution is -2.26. The molecule has 0 unspecified atom stereocenters. The quantitative estimate of drug-likeness (QED) is 0.258. The van der Waals surface area contributed by atoms with Gasteiger partial charge < -0.3 is 14.8 Å². The van der Waals surface area contributed by atoms with Gasteiger partial charge in [0.25, 0.3) is 5.91 Å². The van der Waals surface area contributed by atoms with Crippen molar-refractivity contribution in [1.82, 2.24) is 30.3 Å². The van der Waals surface area contributed by atoms with Crippen LogP contribution in [0.25, 0.3) is 5.69 Å². The first-order valence-electron chi connectivity index (χ1n) is 10.2. The summed E-state index contributed by atoms with van der Waals surface area (Å²) in [4.78, 5) is 21.5. The molecule has 34 heavy (non-hydrogen) atoms. The van der Waals surface area contributed by atoms with Crippen LogP contribution in [0, 0.1) is 13.8 Å². The van der Waals surface area contributed by atoms with Gasteiger partial charge in [-0.25, -0.2) is 14.6 Å². The molecule has 0 aliphatic heterocycles. The highest BCUT2D eigenvalue weighted by atomic mass is 32.2. The summed E-state index contributed by atoms with van der Waals surface area (Å²) in [6, 6.07) is 6.98. The van der Waals surface area contributed by atoms with E-state index in [-0.39, 0.29) is 17.2 Å². The van der Waals surface area contributed by atoms with Crippen molar-refractivity contribution in [1.29, 1.82) is 0 Å². The van der Waals surface area contributed by atoms with Gasteiger partial charge in [-0.3, -0.25) is 4.79 Å². The summed E-state index contributed by atoms with van der Waals surface area (Å²) in [6.07, 6.45) is -4.17. The lowest BCUT2D eigenvalue weighted by Gasteiger charge is -2.11. The first kappa shape index (κ1) is 25.4. The molecule has 0 aliphatic carbocycles. The Labute approximate surface area is 198 Å². The fourth-order valence-electron chi connectivity index (χ4n) is 3.00. The van der Waals surface area contributed by atoms with E-state index in [2.05, 4.69) is 30.3 Å². The van der Waals surface area contributed by atoms with E-state index in [0.717, 1.165) is 11.4 Å². The number of nitrogens with one attached hydrogen (secondary N) is 1. The summed E-state index contributed by atoms with van der Waals surface area (Å²) >= 11 is 1.29. The zero-order valence-corrected chi connectivity index (χ0v) is 19.5. The van der Waals surface area contributed by atoms with Crippen molar-refractivity contribution in [2.45, 2.75) is 37.5 Å². The van der Waals surface area contributed by atoms with Crippen LogP contribution in [-0.2, 0) is 10.5 Å². The molecule has 2 aromatic heterocycles. The predicted octanol–water partition coefficient (Wildman–Crippen LogP) is 3.63. The monoisotopic (exact) mass is 496 g/mol. The fourth-order valence-corrected chi connectivity index (χ4v) is 3.94. The Kier molecular flexibility index (Phi) is 8.45. The lowest BCUT2D eigenvalue weighted by atomic mass is 10.2. The van der Waals surface area contributed by atoms with Gasteiger partial charge in [0, 0.05) is 37.4 Å². The Morgan fingerprint density at radius 3 is 2.44 bits per heavy atom. The maximum atomic E-state index is 12.8. The molecule has 3 rings (SSSR count). The average molecular weight is 497 g/mol. The van der Waals surface area contributed by atoms with Gasteiger partial charge >= 0.3 is 6.36 Å². The second kappa shape index (κ2) is 11.3. The molecule has 9 nitrogen and oxygen atoms in total.